The summed E-state index contributed by atoms with van der Waals surface area (Å²) < 4.78 is 25.9. The number of amides is 2. The van der Waals surface area contributed by atoms with Crippen molar-refractivity contribution in [1.82, 2.24) is 9.78 Å². The standard InChI is InChI=1S/C23H22N4O4S/c1-15-7-9-18(10-8-15)27-22(19-13-32(30,31)14-20(19)25-27)24-23(29)16-11-21(28)26(12-16)17-5-3-2-4-6-17/h2-10,16H,11-14H2,1H3,(H,24,29). The lowest BCUT2D eigenvalue weighted by Crippen LogP contribution is -2.29. The van der Waals surface area contributed by atoms with Crippen LogP contribution < -0.4 is 10.2 Å². The van der Waals surface area contributed by atoms with Gasteiger partial charge in [0, 0.05) is 24.2 Å². The van der Waals surface area contributed by atoms with Gasteiger partial charge in [-0.3, -0.25) is 9.59 Å². The minimum Gasteiger partial charge on any atom is -0.312 e. The predicted molar refractivity (Wildman–Crippen MR) is 120 cm³/mol. The molecule has 0 radical (unpaired) electrons. The highest BCUT2D eigenvalue weighted by molar-refractivity contribution is 7.90. The van der Waals surface area contributed by atoms with Crippen LogP contribution in [0.1, 0.15) is 23.2 Å². The molecule has 0 spiro atoms. The van der Waals surface area contributed by atoms with Gasteiger partial charge < -0.3 is 10.2 Å². The van der Waals surface area contributed by atoms with Crippen molar-refractivity contribution in [3.05, 3.63) is 71.4 Å². The van der Waals surface area contributed by atoms with Crippen molar-refractivity contribution in [2.24, 2.45) is 5.92 Å². The lowest BCUT2D eigenvalue weighted by molar-refractivity contribution is -0.122. The van der Waals surface area contributed by atoms with Gasteiger partial charge in [0.25, 0.3) is 0 Å². The van der Waals surface area contributed by atoms with E-state index in [-0.39, 0.29) is 36.3 Å². The SMILES string of the molecule is Cc1ccc(-n2nc3c(c2NC(=O)C2CC(=O)N(c4ccccc4)C2)CS(=O)(=O)C3)cc1. The number of hydrogen-bond acceptors (Lipinski definition) is 5. The molecule has 3 aromatic rings. The third-order valence-electron chi connectivity index (χ3n) is 5.87. The molecule has 1 unspecified atom stereocenters. The zero-order valence-electron chi connectivity index (χ0n) is 17.5. The Kier molecular flexibility index (Phi) is 4.85. The highest BCUT2D eigenvalue weighted by Gasteiger charge is 2.38. The molecular weight excluding hydrogens is 428 g/mol. The average molecular weight is 451 g/mol. The summed E-state index contributed by atoms with van der Waals surface area (Å²) >= 11 is 0. The van der Waals surface area contributed by atoms with Gasteiger partial charge in [-0.25, -0.2) is 13.1 Å². The van der Waals surface area contributed by atoms with Gasteiger partial charge in [-0.2, -0.15) is 5.10 Å². The second-order valence-electron chi connectivity index (χ2n) is 8.28. The molecule has 3 heterocycles. The van der Waals surface area contributed by atoms with E-state index in [4.69, 9.17) is 0 Å². The van der Waals surface area contributed by atoms with Gasteiger partial charge in [-0.05, 0) is 31.2 Å². The van der Waals surface area contributed by atoms with Crippen molar-refractivity contribution in [3.8, 4) is 5.69 Å². The first-order valence-corrected chi connectivity index (χ1v) is 12.2. The molecule has 1 fully saturated rings. The van der Waals surface area contributed by atoms with Crippen LogP contribution in [0.2, 0.25) is 0 Å². The molecule has 1 aromatic heterocycles. The molecule has 1 atom stereocenters. The molecule has 164 valence electrons. The molecule has 2 aromatic carbocycles. The van der Waals surface area contributed by atoms with Crippen LogP contribution in [0.5, 0.6) is 0 Å². The van der Waals surface area contributed by atoms with Crippen LogP contribution in [0.15, 0.2) is 54.6 Å². The van der Waals surface area contributed by atoms with E-state index >= 15 is 0 Å². The smallest absolute Gasteiger partial charge is 0.230 e. The van der Waals surface area contributed by atoms with Crippen molar-refractivity contribution in [2.75, 3.05) is 16.8 Å². The molecular formula is C23H22N4O4S. The number of fused-ring (bicyclic) bond motifs is 1. The summed E-state index contributed by atoms with van der Waals surface area (Å²) in [6.45, 7) is 2.24. The van der Waals surface area contributed by atoms with E-state index in [1.165, 1.54) is 0 Å². The van der Waals surface area contributed by atoms with Crippen LogP contribution in [0.4, 0.5) is 11.5 Å². The molecule has 2 amide bonds. The third kappa shape index (κ3) is 3.69. The fraction of sp³-hybridized carbons (Fsp3) is 0.261. The number of aryl methyl sites for hydroxylation is 1. The van der Waals surface area contributed by atoms with E-state index in [1.807, 2.05) is 61.5 Å². The quantitative estimate of drug-likeness (QED) is 0.658. The van der Waals surface area contributed by atoms with Crippen LogP contribution in [0, 0.1) is 12.8 Å². The number of rotatable bonds is 4. The molecule has 1 saturated heterocycles. The van der Waals surface area contributed by atoms with Crippen LogP contribution >= 0.6 is 0 Å². The normalized spacial score (nSPS) is 19.2. The van der Waals surface area contributed by atoms with Crippen molar-refractivity contribution >= 4 is 33.2 Å². The van der Waals surface area contributed by atoms with E-state index in [0.717, 1.165) is 16.9 Å². The fourth-order valence-corrected chi connectivity index (χ4v) is 5.70. The molecule has 2 aliphatic heterocycles. The number of aromatic nitrogens is 2. The van der Waals surface area contributed by atoms with Crippen LogP contribution in [0.3, 0.4) is 0 Å². The first-order valence-electron chi connectivity index (χ1n) is 10.4. The number of anilines is 2. The Bertz CT molecular complexity index is 1310. The molecule has 0 bridgehead atoms. The molecule has 1 N–H and O–H groups in total. The van der Waals surface area contributed by atoms with Gasteiger partial charge in [-0.1, -0.05) is 35.9 Å². The maximum absolute atomic E-state index is 13.2. The van der Waals surface area contributed by atoms with E-state index in [1.54, 1.807) is 9.58 Å². The number of nitrogens with zero attached hydrogens (tertiary/aromatic N) is 3. The van der Waals surface area contributed by atoms with Gasteiger partial charge in [-0.15, -0.1) is 0 Å². The van der Waals surface area contributed by atoms with Gasteiger partial charge in [0.2, 0.25) is 11.8 Å². The predicted octanol–water partition coefficient (Wildman–Crippen LogP) is 2.60. The van der Waals surface area contributed by atoms with Crippen molar-refractivity contribution in [1.29, 1.82) is 0 Å². The van der Waals surface area contributed by atoms with E-state index in [9.17, 15) is 18.0 Å². The summed E-state index contributed by atoms with van der Waals surface area (Å²) in [5.74, 6) is -0.927. The molecule has 0 aliphatic carbocycles. The number of hydrogen-bond donors (Lipinski definition) is 1. The van der Waals surface area contributed by atoms with Gasteiger partial charge in [0.05, 0.1) is 28.8 Å². The number of carbonyl (C=O) groups excluding carboxylic acids is 2. The summed E-state index contributed by atoms with van der Waals surface area (Å²) in [5, 5.41) is 7.38. The maximum Gasteiger partial charge on any atom is 0.230 e. The highest BCUT2D eigenvalue weighted by atomic mass is 32.2. The van der Waals surface area contributed by atoms with Gasteiger partial charge in [0.1, 0.15) is 5.82 Å². The fourth-order valence-electron chi connectivity index (χ4n) is 4.20. The lowest BCUT2D eigenvalue weighted by atomic mass is 10.1. The van der Waals surface area contributed by atoms with Gasteiger partial charge >= 0.3 is 0 Å². The molecule has 8 nitrogen and oxygen atoms in total. The molecule has 0 saturated carbocycles. The third-order valence-corrected chi connectivity index (χ3v) is 7.31. The number of para-hydroxylation sites is 1. The molecule has 9 heteroatoms. The summed E-state index contributed by atoms with van der Waals surface area (Å²) in [6, 6.07) is 16.8. The van der Waals surface area contributed by atoms with Gasteiger partial charge in [0.15, 0.2) is 9.84 Å². The Hall–Kier alpha value is -3.46. The minimum atomic E-state index is -3.29. The minimum absolute atomic E-state index is 0.0971. The summed E-state index contributed by atoms with van der Waals surface area (Å²) in [7, 11) is -3.29. The topological polar surface area (TPSA) is 101 Å². The number of sulfone groups is 1. The molecule has 2 aliphatic rings. The highest BCUT2D eigenvalue weighted by Crippen LogP contribution is 2.34. The number of carbonyl (C=O) groups is 2. The first kappa shape index (κ1) is 20.4. The monoisotopic (exact) mass is 450 g/mol. The van der Waals surface area contributed by atoms with Crippen molar-refractivity contribution in [2.45, 2.75) is 24.9 Å². The van der Waals surface area contributed by atoms with E-state index in [2.05, 4.69) is 10.4 Å². The second-order valence-corrected chi connectivity index (χ2v) is 10.3. The summed E-state index contributed by atoms with van der Waals surface area (Å²) in [5.41, 5.74) is 3.53. The Morgan fingerprint density at radius 2 is 1.75 bits per heavy atom. The Morgan fingerprint density at radius 3 is 2.47 bits per heavy atom. The zero-order chi connectivity index (χ0) is 22.5. The van der Waals surface area contributed by atoms with E-state index in [0.29, 0.717) is 17.1 Å². The molecule has 32 heavy (non-hydrogen) atoms. The Labute approximate surface area is 185 Å². The zero-order valence-corrected chi connectivity index (χ0v) is 18.3. The number of nitrogens with one attached hydrogen (secondary N) is 1. The van der Waals surface area contributed by atoms with Crippen molar-refractivity contribution < 1.29 is 18.0 Å². The average Bonchev–Trinajstić information content (AvgIpc) is 3.40. The number of benzene rings is 2. The summed E-state index contributed by atoms with van der Waals surface area (Å²) in [6.07, 6.45) is 0.0971. The van der Waals surface area contributed by atoms with E-state index < -0.39 is 15.8 Å². The summed E-state index contributed by atoms with van der Waals surface area (Å²) in [4.78, 5) is 27.3. The Morgan fingerprint density at radius 1 is 1.03 bits per heavy atom. The first-order chi connectivity index (χ1) is 15.3. The van der Waals surface area contributed by atoms with Crippen LogP contribution in [0.25, 0.3) is 5.69 Å². The largest absolute Gasteiger partial charge is 0.312 e. The molecule has 5 rings (SSSR count). The lowest BCUT2D eigenvalue weighted by Gasteiger charge is -2.17. The second kappa shape index (κ2) is 7.59. The Balaban J connectivity index is 1.44. The van der Waals surface area contributed by atoms with Crippen molar-refractivity contribution in [3.63, 3.8) is 0 Å². The van der Waals surface area contributed by atoms with Crippen LogP contribution in [-0.4, -0.2) is 36.6 Å². The maximum atomic E-state index is 13.2. The van der Waals surface area contributed by atoms with Crippen LogP contribution in [-0.2, 0) is 30.9 Å².